The number of nitrogens with zero attached hydrogens (tertiary/aromatic N) is 2. The highest BCUT2D eigenvalue weighted by Crippen LogP contribution is 2.16. The number of carboxylic acids is 1. The molecule has 11 heteroatoms. The molecule has 1 saturated heterocycles. The van der Waals surface area contributed by atoms with Crippen LogP contribution in [-0.4, -0.2) is 59.2 Å². The lowest BCUT2D eigenvalue weighted by Crippen LogP contribution is -2.42. The van der Waals surface area contributed by atoms with Crippen LogP contribution in [0.1, 0.15) is 20.2 Å². The number of thiazole rings is 1. The van der Waals surface area contributed by atoms with Gasteiger partial charge < -0.3 is 15.7 Å². The van der Waals surface area contributed by atoms with Crippen LogP contribution < -0.4 is 10.6 Å². The number of anilines is 1. The van der Waals surface area contributed by atoms with E-state index in [4.69, 9.17) is 9.90 Å². The molecule has 0 unspecified atom stereocenters. The molecular formula is C18H21F3N4O3S. The number of hydrogen-bond acceptors (Lipinski definition) is 6. The lowest BCUT2D eigenvalue weighted by molar-refractivity contribution is -0.192. The van der Waals surface area contributed by atoms with Crippen LogP contribution in [-0.2, 0) is 11.3 Å². The Hall–Kier alpha value is -2.50. The van der Waals surface area contributed by atoms with E-state index in [-0.39, 0.29) is 5.91 Å². The molecule has 2 heterocycles. The number of carbonyl (C=O) groups is 2. The Morgan fingerprint density at radius 3 is 2.31 bits per heavy atom. The quantitative estimate of drug-likeness (QED) is 0.691. The fourth-order valence-electron chi connectivity index (χ4n) is 2.47. The minimum absolute atomic E-state index is 0.145. The van der Waals surface area contributed by atoms with E-state index in [9.17, 15) is 18.0 Å². The first-order chi connectivity index (χ1) is 13.6. The first-order valence-corrected chi connectivity index (χ1v) is 9.52. The number of hydrogen-bond donors (Lipinski definition) is 3. The molecule has 0 saturated carbocycles. The molecule has 3 rings (SSSR count). The van der Waals surface area contributed by atoms with Gasteiger partial charge >= 0.3 is 12.1 Å². The minimum atomic E-state index is -5.08. The molecule has 1 fully saturated rings. The molecule has 1 aliphatic heterocycles. The first-order valence-electron chi connectivity index (χ1n) is 8.71. The predicted molar refractivity (Wildman–Crippen MR) is 103 cm³/mol. The molecule has 1 aliphatic rings. The van der Waals surface area contributed by atoms with Crippen molar-refractivity contribution in [2.24, 2.45) is 0 Å². The highest BCUT2D eigenvalue weighted by atomic mass is 32.1. The van der Waals surface area contributed by atoms with Gasteiger partial charge in [-0.3, -0.25) is 9.69 Å². The van der Waals surface area contributed by atoms with Crippen molar-refractivity contribution in [2.75, 3.05) is 31.5 Å². The SMILES string of the molecule is Cc1cnc(C(=O)Nc2ccc(CN3CCNCC3)cc2)s1.O=C(O)C(F)(F)F. The molecule has 1 aromatic heterocycles. The summed E-state index contributed by atoms with van der Waals surface area (Å²) in [5.41, 5.74) is 2.08. The molecule has 1 amide bonds. The smallest absolute Gasteiger partial charge is 0.475 e. The molecule has 7 nitrogen and oxygen atoms in total. The summed E-state index contributed by atoms with van der Waals surface area (Å²) in [6, 6.07) is 8.06. The third-order valence-corrected chi connectivity index (χ3v) is 4.80. The Morgan fingerprint density at radius 2 is 1.83 bits per heavy atom. The Kier molecular flexibility index (Phi) is 8.11. The minimum Gasteiger partial charge on any atom is -0.475 e. The number of benzene rings is 1. The topological polar surface area (TPSA) is 94.6 Å². The van der Waals surface area contributed by atoms with Crippen molar-refractivity contribution >= 4 is 28.9 Å². The molecular weight excluding hydrogens is 409 g/mol. The summed E-state index contributed by atoms with van der Waals surface area (Å²) in [6.07, 6.45) is -3.36. The number of aryl methyl sites for hydroxylation is 1. The van der Waals surface area contributed by atoms with Gasteiger partial charge in [0.05, 0.1) is 0 Å². The van der Waals surface area contributed by atoms with Crippen LogP contribution in [0, 0.1) is 6.92 Å². The first kappa shape index (κ1) is 22.8. The van der Waals surface area contributed by atoms with E-state index in [0.717, 1.165) is 43.3 Å². The van der Waals surface area contributed by atoms with Crippen LogP contribution >= 0.6 is 11.3 Å². The van der Waals surface area contributed by atoms with E-state index < -0.39 is 12.1 Å². The highest BCUT2D eigenvalue weighted by Gasteiger charge is 2.38. The maximum atomic E-state index is 12.1. The average molecular weight is 430 g/mol. The van der Waals surface area contributed by atoms with E-state index in [1.807, 2.05) is 19.1 Å². The zero-order valence-electron chi connectivity index (χ0n) is 15.6. The number of halogens is 3. The molecule has 158 valence electrons. The van der Waals surface area contributed by atoms with Gasteiger partial charge in [0.15, 0.2) is 5.01 Å². The second kappa shape index (κ2) is 10.3. The molecule has 0 bridgehead atoms. The van der Waals surface area contributed by atoms with E-state index in [0.29, 0.717) is 5.01 Å². The number of alkyl halides is 3. The van der Waals surface area contributed by atoms with Gasteiger partial charge in [-0.15, -0.1) is 11.3 Å². The predicted octanol–water partition coefficient (Wildman–Crippen LogP) is 2.74. The molecule has 0 spiro atoms. The number of amides is 1. The monoisotopic (exact) mass is 430 g/mol. The third kappa shape index (κ3) is 7.80. The van der Waals surface area contributed by atoms with Crippen LogP contribution in [0.2, 0.25) is 0 Å². The van der Waals surface area contributed by atoms with E-state index in [2.05, 4.69) is 32.7 Å². The number of carboxylic acid groups (broad SMARTS) is 1. The van der Waals surface area contributed by atoms with Crippen molar-refractivity contribution in [1.82, 2.24) is 15.2 Å². The molecule has 29 heavy (non-hydrogen) atoms. The van der Waals surface area contributed by atoms with Gasteiger partial charge in [0.2, 0.25) is 0 Å². The lowest BCUT2D eigenvalue weighted by atomic mass is 10.2. The standard InChI is InChI=1S/C16H20N4OS.C2HF3O2/c1-12-10-18-16(22-12)15(21)19-14-4-2-13(3-5-14)11-20-8-6-17-7-9-20;3-2(4,5)1(6)7/h2-5,10,17H,6-9,11H2,1H3,(H,19,21);(H,6,7). The molecule has 0 atom stereocenters. The van der Waals surface area contributed by atoms with Crippen LogP contribution in [0.3, 0.4) is 0 Å². The van der Waals surface area contributed by atoms with Crippen LogP contribution in [0.4, 0.5) is 18.9 Å². The Labute approximate surface area is 169 Å². The van der Waals surface area contributed by atoms with Crippen molar-refractivity contribution in [3.05, 3.63) is 45.9 Å². The zero-order chi connectivity index (χ0) is 21.4. The summed E-state index contributed by atoms with van der Waals surface area (Å²) in [5, 5.41) is 13.9. The molecule has 0 radical (unpaired) electrons. The van der Waals surface area contributed by atoms with Crippen LogP contribution in [0.5, 0.6) is 0 Å². The average Bonchev–Trinajstić information content (AvgIpc) is 3.10. The normalized spacial score (nSPS) is 14.6. The van der Waals surface area contributed by atoms with Gasteiger partial charge in [-0.2, -0.15) is 13.2 Å². The number of aromatic nitrogens is 1. The summed E-state index contributed by atoms with van der Waals surface area (Å²) in [7, 11) is 0. The highest BCUT2D eigenvalue weighted by molar-refractivity contribution is 7.13. The second-order valence-electron chi connectivity index (χ2n) is 6.26. The molecule has 1 aromatic carbocycles. The van der Waals surface area contributed by atoms with Crippen LogP contribution in [0.25, 0.3) is 0 Å². The second-order valence-corrected chi connectivity index (χ2v) is 7.49. The Morgan fingerprint density at radius 1 is 1.24 bits per heavy atom. The number of rotatable bonds is 4. The summed E-state index contributed by atoms with van der Waals surface area (Å²) in [6.45, 7) is 7.19. The summed E-state index contributed by atoms with van der Waals surface area (Å²) >= 11 is 1.41. The summed E-state index contributed by atoms with van der Waals surface area (Å²) < 4.78 is 31.7. The number of aliphatic carboxylic acids is 1. The van der Waals surface area contributed by atoms with Gasteiger partial charge in [-0.05, 0) is 24.6 Å². The molecule has 3 N–H and O–H groups in total. The van der Waals surface area contributed by atoms with Gasteiger partial charge in [-0.1, -0.05) is 12.1 Å². The van der Waals surface area contributed by atoms with Crippen molar-refractivity contribution < 1.29 is 27.9 Å². The third-order valence-electron chi connectivity index (χ3n) is 3.89. The summed E-state index contributed by atoms with van der Waals surface area (Å²) in [4.78, 5) is 28.5. The molecule has 0 aliphatic carbocycles. The van der Waals surface area contributed by atoms with Gasteiger partial charge in [0, 0.05) is 49.5 Å². The van der Waals surface area contributed by atoms with Gasteiger partial charge in [-0.25, -0.2) is 9.78 Å². The van der Waals surface area contributed by atoms with E-state index in [1.165, 1.54) is 16.9 Å². The van der Waals surface area contributed by atoms with Crippen molar-refractivity contribution in [3.63, 3.8) is 0 Å². The van der Waals surface area contributed by atoms with Crippen LogP contribution in [0.15, 0.2) is 30.5 Å². The van der Waals surface area contributed by atoms with Crippen molar-refractivity contribution in [3.8, 4) is 0 Å². The van der Waals surface area contributed by atoms with Gasteiger partial charge in [0.25, 0.3) is 5.91 Å². The number of nitrogens with one attached hydrogen (secondary N) is 2. The zero-order valence-corrected chi connectivity index (χ0v) is 16.4. The van der Waals surface area contributed by atoms with Gasteiger partial charge in [0.1, 0.15) is 0 Å². The summed E-state index contributed by atoms with van der Waals surface area (Å²) in [5.74, 6) is -2.90. The number of carbonyl (C=O) groups excluding carboxylic acids is 1. The van der Waals surface area contributed by atoms with Crippen molar-refractivity contribution in [1.29, 1.82) is 0 Å². The van der Waals surface area contributed by atoms with E-state index >= 15 is 0 Å². The van der Waals surface area contributed by atoms with Crippen molar-refractivity contribution in [2.45, 2.75) is 19.6 Å². The Bertz CT molecular complexity index is 819. The largest absolute Gasteiger partial charge is 0.490 e. The number of piperazine rings is 1. The fraction of sp³-hybridized carbons (Fsp3) is 0.389. The lowest BCUT2D eigenvalue weighted by Gasteiger charge is -2.27. The Balaban J connectivity index is 0.000000370. The molecule has 2 aromatic rings. The fourth-order valence-corrected chi connectivity index (χ4v) is 3.12. The maximum Gasteiger partial charge on any atom is 0.490 e. The van der Waals surface area contributed by atoms with E-state index in [1.54, 1.807) is 6.20 Å². The maximum absolute atomic E-state index is 12.1.